The predicted molar refractivity (Wildman–Crippen MR) is 42.2 cm³/mol. The highest BCUT2D eigenvalue weighted by molar-refractivity contribution is 5.70. The maximum absolute atomic E-state index is 10.6. The number of nitrogens with two attached hydrogens (primary N) is 1. The summed E-state index contributed by atoms with van der Waals surface area (Å²) in [6.07, 6.45) is 4.88. The summed E-state index contributed by atoms with van der Waals surface area (Å²) in [6.45, 7) is 0. The van der Waals surface area contributed by atoms with Gasteiger partial charge in [0.1, 0.15) is 0 Å². The van der Waals surface area contributed by atoms with Gasteiger partial charge >= 0.3 is 5.97 Å². The summed E-state index contributed by atoms with van der Waals surface area (Å²) in [5.74, 6) is -1.02. The van der Waals surface area contributed by atoms with Crippen LogP contribution in [0.15, 0.2) is 0 Å². The molecule has 0 bridgehead atoms. The van der Waals surface area contributed by atoms with Gasteiger partial charge in [0.15, 0.2) is 0 Å². The van der Waals surface area contributed by atoms with Crippen LogP contribution in [0.4, 0.5) is 0 Å². The number of carboxylic acid groups (broad SMARTS) is 1. The normalized spacial score (nSPS) is 32.8. The molecule has 3 N–H and O–H groups in total. The molecule has 1 fully saturated rings. The molecule has 0 amide bonds. The van der Waals surface area contributed by atoms with E-state index in [0.717, 1.165) is 32.1 Å². The number of hydrogen-bond donors (Lipinski definition) is 2. The molecular formula is C8H15NO2. The summed E-state index contributed by atoms with van der Waals surface area (Å²) < 4.78 is 0. The zero-order chi connectivity index (χ0) is 8.27. The highest BCUT2D eigenvalue weighted by Crippen LogP contribution is 2.21. The summed E-state index contributed by atoms with van der Waals surface area (Å²) in [4.78, 5) is 10.6. The number of carboxylic acids is 1. The minimum absolute atomic E-state index is 0.116. The molecule has 0 heterocycles. The van der Waals surface area contributed by atoms with Gasteiger partial charge in [-0.25, -0.2) is 0 Å². The zero-order valence-electron chi connectivity index (χ0n) is 6.62. The maximum Gasteiger partial charge on any atom is 0.308 e. The zero-order valence-corrected chi connectivity index (χ0v) is 6.62. The van der Waals surface area contributed by atoms with E-state index in [1.54, 1.807) is 0 Å². The Morgan fingerprint density at radius 2 is 1.91 bits per heavy atom. The summed E-state index contributed by atoms with van der Waals surface area (Å²) >= 11 is 0. The van der Waals surface area contributed by atoms with Crippen molar-refractivity contribution in [3.05, 3.63) is 0 Å². The van der Waals surface area contributed by atoms with Gasteiger partial charge in [-0.2, -0.15) is 0 Å². The number of rotatable bonds is 1. The first-order valence-corrected chi connectivity index (χ1v) is 4.20. The first-order valence-electron chi connectivity index (χ1n) is 4.20. The number of carbonyl (C=O) groups is 1. The molecule has 0 aromatic carbocycles. The molecule has 2 atom stereocenters. The molecule has 1 aliphatic carbocycles. The fourth-order valence-corrected chi connectivity index (χ4v) is 1.64. The van der Waals surface area contributed by atoms with Crippen molar-refractivity contribution >= 4 is 5.97 Å². The van der Waals surface area contributed by atoms with Gasteiger partial charge in [0.05, 0.1) is 5.92 Å². The van der Waals surface area contributed by atoms with Gasteiger partial charge in [0.2, 0.25) is 0 Å². The van der Waals surface area contributed by atoms with Gasteiger partial charge in [-0.3, -0.25) is 4.79 Å². The van der Waals surface area contributed by atoms with E-state index in [9.17, 15) is 4.79 Å². The van der Waals surface area contributed by atoms with E-state index in [0.29, 0.717) is 0 Å². The second-order valence-electron chi connectivity index (χ2n) is 3.25. The van der Waals surface area contributed by atoms with E-state index in [1.165, 1.54) is 0 Å². The Morgan fingerprint density at radius 3 is 2.55 bits per heavy atom. The molecule has 1 saturated carbocycles. The third-order valence-corrected chi connectivity index (χ3v) is 2.39. The molecule has 1 aliphatic rings. The summed E-state index contributed by atoms with van der Waals surface area (Å²) in [7, 11) is 0. The molecule has 64 valence electrons. The van der Waals surface area contributed by atoms with Crippen LogP contribution >= 0.6 is 0 Å². The quantitative estimate of drug-likeness (QED) is 0.558. The topological polar surface area (TPSA) is 63.3 Å². The first kappa shape index (κ1) is 8.53. The Labute approximate surface area is 66.6 Å². The van der Waals surface area contributed by atoms with E-state index in [4.69, 9.17) is 10.8 Å². The molecule has 0 radical (unpaired) electrons. The highest BCUT2D eigenvalue weighted by Gasteiger charge is 2.26. The summed E-state index contributed by atoms with van der Waals surface area (Å²) in [5, 5.41) is 8.75. The van der Waals surface area contributed by atoms with Crippen molar-refractivity contribution in [3.63, 3.8) is 0 Å². The van der Waals surface area contributed by atoms with Gasteiger partial charge in [-0.1, -0.05) is 19.3 Å². The SMILES string of the molecule is N[C@H]1CCCCC[C@@H]1C(=O)O. The largest absolute Gasteiger partial charge is 0.481 e. The molecule has 3 nitrogen and oxygen atoms in total. The third-order valence-electron chi connectivity index (χ3n) is 2.39. The fourth-order valence-electron chi connectivity index (χ4n) is 1.64. The first-order chi connectivity index (χ1) is 5.22. The number of aliphatic carboxylic acids is 1. The minimum Gasteiger partial charge on any atom is -0.481 e. The molecule has 0 aromatic rings. The van der Waals surface area contributed by atoms with E-state index < -0.39 is 5.97 Å². The van der Waals surface area contributed by atoms with Crippen LogP contribution in [0.2, 0.25) is 0 Å². The van der Waals surface area contributed by atoms with Crippen molar-refractivity contribution in [1.82, 2.24) is 0 Å². The molecule has 0 aliphatic heterocycles. The van der Waals surface area contributed by atoms with Crippen molar-refractivity contribution in [3.8, 4) is 0 Å². The fraction of sp³-hybridized carbons (Fsp3) is 0.875. The molecule has 0 unspecified atom stereocenters. The van der Waals surface area contributed by atoms with Crippen LogP contribution < -0.4 is 5.73 Å². The molecule has 0 saturated heterocycles. The molecule has 1 rings (SSSR count). The van der Waals surface area contributed by atoms with E-state index >= 15 is 0 Å². The standard InChI is InChI=1S/C8H15NO2/c9-7-5-3-1-2-4-6(7)8(10)11/h6-7H,1-5,9H2,(H,10,11)/t6-,7-/m0/s1. The molecule has 3 heteroatoms. The van der Waals surface area contributed by atoms with E-state index in [-0.39, 0.29) is 12.0 Å². The second-order valence-corrected chi connectivity index (χ2v) is 3.25. The van der Waals surface area contributed by atoms with Crippen LogP contribution in [0.1, 0.15) is 32.1 Å². The van der Waals surface area contributed by atoms with Crippen LogP contribution in [0.5, 0.6) is 0 Å². The average Bonchev–Trinajstić information content (AvgIpc) is 2.13. The van der Waals surface area contributed by atoms with Crippen molar-refractivity contribution in [2.45, 2.75) is 38.1 Å². The summed E-state index contributed by atoms with van der Waals surface area (Å²) in [6, 6.07) is -0.116. The van der Waals surface area contributed by atoms with E-state index in [2.05, 4.69) is 0 Å². The van der Waals surface area contributed by atoms with Crippen LogP contribution in [0, 0.1) is 5.92 Å². The smallest absolute Gasteiger partial charge is 0.308 e. The monoisotopic (exact) mass is 157 g/mol. The number of hydrogen-bond acceptors (Lipinski definition) is 2. The Morgan fingerprint density at radius 1 is 1.27 bits per heavy atom. The molecule has 0 spiro atoms. The maximum atomic E-state index is 10.6. The Hall–Kier alpha value is -0.570. The predicted octanol–water partition coefficient (Wildman–Crippen LogP) is 0.979. The lowest BCUT2D eigenvalue weighted by Gasteiger charge is -2.15. The molecular weight excluding hydrogens is 142 g/mol. The van der Waals surface area contributed by atoms with E-state index in [1.807, 2.05) is 0 Å². The highest BCUT2D eigenvalue weighted by atomic mass is 16.4. The van der Waals surface area contributed by atoms with Crippen LogP contribution in [-0.4, -0.2) is 17.1 Å². The average molecular weight is 157 g/mol. The van der Waals surface area contributed by atoms with Gasteiger partial charge < -0.3 is 10.8 Å². The van der Waals surface area contributed by atoms with Gasteiger partial charge in [-0.15, -0.1) is 0 Å². The second kappa shape index (κ2) is 3.72. The Balaban J connectivity index is 2.52. The molecule has 11 heavy (non-hydrogen) atoms. The lowest BCUT2D eigenvalue weighted by molar-refractivity contribution is -0.142. The Bertz CT molecular complexity index is 147. The summed E-state index contributed by atoms with van der Waals surface area (Å²) in [5.41, 5.74) is 5.70. The van der Waals surface area contributed by atoms with Gasteiger partial charge in [0.25, 0.3) is 0 Å². The Kier molecular flexibility index (Phi) is 2.88. The van der Waals surface area contributed by atoms with Crippen molar-refractivity contribution < 1.29 is 9.90 Å². The van der Waals surface area contributed by atoms with Crippen LogP contribution in [0.25, 0.3) is 0 Å². The minimum atomic E-state index is -0.723. The third kappa shape index (κ3) is 2.19. The molecule has 0 aromatic heterocycles. The van der Waals surface area contributed by atoms with Crippen molar-refractivity contribution in [2.24, 2.45) is 11.7 Å². The van der Waals surface area contributed by atoms with Gasteiger partial charge in [0, 0.05) is 6.04 Å². The van der Waals surface area contributed by atoms with Gasteiger partial charge in [-0.05, 0) is 12.8 Å². The lowest BCUT2D eigenvalue weighted by atomic mass is 9.96. The van der Waals surface area contributed by atoms with Crippen LogP contribution in [0.3, 0.4) is 0 Å². The van der Waals surface area contributed by atoms with Crippen molar-refractivity contribution in [2.75, 3.05) is 0 Å². The van der Waals surface area contributed by atoms with Crippen LogP contribution in [-0.2, 0) is 4.79 Å². The van der Waals surface area contributed by atoms with Crippen molar-refractivity contribution in [1.29, 1.82) is 0 Å². The lowest BCUT2D eigenvalue weighted by Crippen LogP contribution is -2.34.